The number of benzene rings is 1. The highest BCUT2D eigenvalue weighted by Gasteiger charge is 2.20. The Balaban J connectivity index is 2.17. The Kier molecular flexibility index (Phi) is 7.25. The minimum absolute atomic E-state index is 0.317. The normalized spacial score (nSPS) is 16.9. The van der Waals surface area contributed by atoms with Crippen molar-refractivity contribution in [3.63, 3.8) is 0 Å². The van der Waals surface area contributed by atoms with Gasteiger partial charge in [0.05, 0.1) is 11.4 Å². The van der Waals surface area contributed by atoms with Gasteiger partial charge in [0.1, 0.15) is 0 Å². The molecule has 0 unspecified atom stereocenters. The van der Waals surface area contributed by atoms with Gasteiger partial charge in [0.25, 0.3) is 0 Å². The minimum atomic E-state index is -3.47. The summed E-state index contributed by atoms with van der Waals surface area (Å²) in [5.41, 5.74) is 0.706. The zero-order valence-electron chi connectivity index (χ0n) is 15.5. The van der Waals surface area contributed by atoms with Gasteiger partial charge < -0.3 is 10.6 Å². The van der Waals surface area contributed by atoms with E-state index >= 15 is 0 Å². The molecule has 7 heteroatoms. The number of sulfonamides is 1. The van der Waals surface area contributed by atoms with E-state index in [1.807, 2.05) is 19.1 Å². The van der Waals surface area contributed by atoms with E-state index in [2.05, 4.69) is 15.6 Å². The zero-order chi connectivity index (χ0) is 18.3. The molecule has 1 saturated carbocycles. The van der Waals surface area contributed by atoms with Gasteiger partial charge >= 0.3 is 0 Å². The third kappa shape index (κ3) is 5.44. The summed E-state index contributed by atoms with van der Waals surface area (Å²) < 4.78 is 26.2. The van der Waals surface area contributed by atoms with E-state index in [0.717, 1.165) is 25.3 Å². The topological polar surface area (TPSA) is 73.8 Å². The van der Waals surface area contributed by atoms with E-state index in [1.54, 1.807) is 26.2 Å². The lowest BCUT2D eigenvalue weighted by Gasteiger charge is -2.25. The Labute approximate surface area is 151 Å². The Morgan fingerprint density at radius 2 is 1.88 bits per heavy atom. The van der Waals surface area contributed by atoms with Crippen molar-refractivity contribution in [1.82, 2.24) is 14.9 Å². The summed E-state index contributed by atoms with van der Waals surface area (Å²) in [6.45, 7) is 3.13. The zero-order valence-corrected chi connectivity index (χ0v) is 16.3. The first kappa shape index (κ1) is 19.7. The molecule has 6 nitrogen and oxygen atoms in total. The maximum Gasteiger partial charge on any atom is 0.242 e. The molecule has 25 heavy (non-hydrogen) atoms. The van der Waals surface area contributed by atoms with Crippen LogP contribution in [-0.4, -0.2) is 45.4 Å². The highest BCUT2D eigenvalue weighted by Crippen LogP contribution is 2.20. The monoisotopic (exact) mass is 366 g/mol. The first-order valence-electron chi connectivity index (χ1n) is 9.00. The predicted molar refractivity (Wildman–Crippen MR) is 102 cm³/mol. The quantitative estimate of drug-likeness (QED) is 0.599. The number of guanidine groups is 1. The SMILES string of the molecule is CCNC(=NCc1ccccc1S(=O)(=O)N(C)C)NC1CCCCC1. The van der Waals surface area contributed by atoms with Crippen LogP contribution in [0.3, 0.4) is 0 Å². The molecule has 1 aromatic rings. The van der Waals surface area contributed by atoms with Crippen LogP contribution in [0.15, 0.2) is 34.2 Å². The molecule has 0 amide bonds. The fourth-order valence-corrected chi connectivity index (χ4v) is 4.12. The molecule has 0 aliphatic heterocycles. The van der Waals surface area contributed by atoms with Crippen LogP contribution in [0.5, 0.6) is 0 Å². The second-order valence-corrected chi connectivity index (χ2v) is 8.69. The molecule has 1 fully saturated rings. The molecule has 1 aliphatic carbocycles. The summed E-state index contributed by atoms with van der Waals surface area (Å²) >= 11 is 0. The largest absolute Gasteiger partial charge is 0.357 e. The van der Waals surface area contributed by atoms with Crippen LogP contribution in [0, 0.1) is 0 Å². The molecule has 1 aliphatic rings. The second kappa shape index (κ2) is 9.20. The summed E-state index contributed by atoms with van der Waals surface area (Å²) in [5, 5.41) is 6.75. The first-order chi connectivity index (χ1) is 11.9. The molecular formula is C18H30N4O2S. The van der Waals surface area contributed by atoms with E-state index in [9.17, 15) is 8.42 Å². The number of nitrogens with one attached hydrogen (secondary N) is 2. The molecular weight excluding hydrogens is 336 g/mol. The van der Waals surface area contributed by atoms with Crippen molar-refractivity contribution in [3.8, 4) is 0 Å². The number of nitrogens with zero attached hydrogens (tertiary/aromatic N) is 2. The van der Waals surface area contributed by atoms with Crippen LogP contribution in [0.4, 0.5) is 0 Å². The number of aliphatic imine (C=N–C) groups is 1. The van der Waals surface area contributed by atoms with Crippen molar-refractivity contribution in [2.75, 3.05) is 20.6 Å². The molecule has 140 valence electrons. The van der Waals surface area contributed by atoms with Crippen molar-refractivity contribution < 1.29 is 8.42 Å². The van der Waals surface area contributed by atoms with Crippen LogP contribution >= 0.6 is 0 Å². The third-order valence-corrected chi connectivity index (χ3v) is 6.34. The number of hydrogen-bond donors (Lipinski definition) is 2. The molecule has 0 spiro atoms. The number of rotatable bonds is 6. The van der Waals surface area contributed by atoms with Crippen LogP contribution in [0.25, 0.3) is 0 Å². The summed E-state index contributed by atoms with van der Waals surface area (Å²) in [4.78, 5) is 4.94. The van der Waals surface area contributed by atoms with E-state index < -0.39 is 10.0 Å². The fourth-order valence-electron chi connectivity index (χ4n) is 3.01. The molecule has 2 N–H and O–H groups in total. The molecule has 0 atom stereocenters. The van der Waals surface area contributed by atoms with E-state index in [0.29, 0.717) is 23.0 Å². The lowest BCUT2D eigenvalue weighted by molar-refractivity contribution is 0.410. The van der Waals surface area contributed by atoms with Crippen molar-refractivity contribution in [2.45, 2.75) is 56.5 Å². The van der Waals surface area contributed by atoms with Crippen molar-refractivity contribution >= 4 is 16.0 Å². The lowest BCUT2D eigenvalue weighted by atomic mass is 9.96. The molecule has 0 saturated heterocycles. The molecule has 0 bridgehead atoms. The Morgan fingerprint density at radius 3 is 2.52 bits per heavy atom. The lowest BCUT2D eigenvalue weighted by Crippen LogP contribution is -2.44. The molecule has 0 aromatic heterocycles. The van der Waals surface area contributed by atoms with Gasteiger partial charge in [-0.2, -0.15) is 0 Å². The average Bonchev–Trinajstić information content (AvgIpc) is 2.61. The Bertz CT molecular complexity index is 680. The summed E-state index contributed by atoms with van der Waals surface area (Å²) in [5.74, 6) is 0.756. The van der Waals surface area contributed by atoms with Gasteiger partial charge in [-0.3, -0.25) is 0 Å². The van der Waals surface area contributed by atoms with Gasteiger partial charge in [0.2, 0.25) is 10.0 Å². The molecule has 1 aromatic carbocycles. The van der Waals surface area contributed by atoms with Crippen LogP contribution in [0.1, 0.15) is 44.6 Å². The van der Waals surface area contributed by atoms with Crippen LogP contribution < -0.4 is 10.6 Å². The predicted octanol–water partition coefficient (Wildman–Crippen LogP) is 2.32. The summed E-state index contributed by atoms with van der Waals surface area (Å²) in [7, 11) is -0.380. The Hall–Kier alpha value is -1.60. The van der Waals surface area contributed by atoms with Gasteiger partial charge in [0, 0.05) is 26.7 Å². The van der Waals surface area contributed by atoms with Gasteiger partial charge in [-0.15, -0.1) is 0 Å². The highest BCUT2D eigenvalue weighted by atomic mass is 32.2. The maximum absolute atomic E-state index is 12.5. The smallest absolute Gasteiger partial charge is 0.242 e. The minimum Gasteiger partial charge on any atom is -0.357 e. The summed E-state index contributed by atoms with van der Waals surface area (Å²) in [6, 6.07) is 7.51. The summed E-state index contributed by atoms with van der Waals surface area (Å²) in [6.07, 6.45) is 6.13. The van der Waals surface area contributed by atoms with Crippen LogP contribution in [0.2, 0.25) is 0 Å². The van der Waals surface area contributed by atoms with Gasteiger partial charge in [-0.1, -0.05) is 37.5 Å². The highest BCUT2D eigenvalue weighted by molar-refractivity contribution is 7.89. The third-order valence-electron chi connectivity index (χ3n) is 4.43. The van der Waals surface area contributed by atoms with Gasteiger partial charge in [0.15, 0.2) is 5.96 Å². The van der Waals surface area contributed by atoms with Crippen molar-refractivity contribution in [1.29, 1.82) is 0 Å². The average molecular weight is 367 g/mol. The molecule has 0 heterocycles. The van der Waals surface area contributed by atoms with E-state index in [1.165, 1.54) is 23.6 Å². The molecule has 2 rings (SSSR count). The van der Waals surface area contributed by atoms with E-state index in [-0.39, 0.29) is 0 Å². The van der Waals surface area contributed by atoms with Crippen molar-refractivity contribution in [2.24, 2.45) is 4.99 Å². The molecule has 0 radical (unpaired) electrons. The fraction of sp³-hybridized carbons (Fsp3) is 0.611. The van der Waals surface area contributed by atoms with Crippen LogP contribution in [-0.2, 0) is 16.6 Å². The second-order valence-electron chi connectivity index (χ2n) is 6.57. The standard InChI is InChI=1S/C18H30N4O2S/c1-4-19-18(21-16-11-6-5-7-12-16)20-14-15-10-8-9-13-17(15)25(23,24)22(2)3/h8-10,13,16H,4-7,11-12,14H2,1-3H3,(H2,19,20,21). The van der Waals surface area contributed by atoms with Gasteiger partial charge in [-0.05, 0) is 31.4 Å². The van der Waals surface area contributed by atoms with Crippen molar-refractivity contribution in [3.05, 3.63) is 29.8 Å². The number of hydrogen-bond acceptors (Lipinski definition) is 3. The Morgan fingerprint density at radius 1 is 1.20 bits per heavy atom. The van der Waals surface area contributed by atoms with Gasteiger partial charge in [-0.25, -0.2) is 17.7 Å². The maximum atomic E-state index is 12.5. The first-order valence-corrected chi connectivity index (χ1v) is 10.4. The van der Waals surface area contributed by atoms with E-state index in [4.69, 9.17) is 0 Å².